The molecule has 7 heteroatoms. The molecule has 1 aliphatic heterocycles. The first-order valence-corrected chi connectivity index (χ1v) is 10.4. The predicted molar refractivity (Wildman–Crippen MR) is 102 cm³/mol. The number of esters is 2. The quantitative estimate of drug-likeness (QED) is 0.370. The van der Waals surface area contributed by atoms with Crippen molar-refractivity contribution in [2.75, 3.05) is 13.3 Å². The van der Waals surface area contributed by atoms with Crippen LogP contribution in [0.2, 0.25) is 0 Å². The molecule has 0 saturated heterocycles. The summed E-state index contributed by atoms with van der Waals surface area (Å²) in [5.41, 5.74) is 0.810. The van der Waals surface area contributed by atoms with Crippen LogP contribution in [-0.4, -0.2) is 42.0 Å². The number of amides is 2. The number of rotatable bonds is 7. The molecular formula is C22H27NO6. The number of hydrogen-bond acceptors (Lipinski definition) is 6. The zero-order chi connectivity index (χ0) is 20.8. The van der Waals surface area contributed by atoms with Gasteiger partial charge in [0.05, 0.1) is 12.5 Å². The lowest BCUT2D eigenvalue weighted by molar-refractivity contribution is -0.157. The zero-order valence-electron chi connectivity index (χ0n) is 16.9. The van der Waals surface area contributed by atoms with E-state index in [1.165, 1.54) is 6.08 Å². The van der Waals surface area contributed by atoms with Crippen LogP contribution in [0, 0.1) is 23.2 Å². The largest absolute Gasteiger partial charge is 0.462 e. The summed E-state index contributed by atoms with van der Waals surface area (Å²) in [7, 11) is 0. The average Bonchev–Trinajstić information content (AvgIpc) is 3.59. The number of nitrogens with zero attached hydrogens (tertiary/aromatic N) is 1. The number of carbonyl (C=O) groups is 4. The molecule has 0 aromatic carbocycles. The standard InChI is InChI=1S/C22H27NO6/c1-22(2)16(9-10-17(24)28-11-13-7-8-13)18(22)21(27)29-12-23-19(25)14-5-3-4-6-15(14)20(23)26/h9-10,13,16,18H,3-8,11-12H2,1-2H3. The first-order chi connectivity index (χ1) is 13.8. The van der Waals surface area contributed by atoms with E-state index in [0.29, 0.717) is 36.5 Å². The van der Waals surface area contributed by atoms with Crippen molar-refractivity contribution in [2.24, 2.45) is 23.2 Å². The van der Waals surface area contributed by atoms with E-state index >= 15 is 0 Å². The lowest BCUT2D eigenvalue weighted by Gasteiger charge is -2.15. The highest BCUT2D eigenvalue weighted by Crippen LogP contribution is 2.59. The van der Waals surface area contributed by atoms with E-state index in [2.05, 4.69) is 0 Å². The molecular weight excluding hydrogens is 374 g/mol. The van der Waals surface area contributed by atoms with E-state index in [1.54, 1.807) is 6.08 Å². The lowest BCUT2D eigenvalue weighted by Crippen LogP contribution is -2.35. The maximum atomic E-state index is 12.5. The van der Waals surface area contributed by atoms with Crippen molar-refractivity contribution in [3.63, 3.8) is 0 Å². The molecule has 0 aromatic rings. The smallest absolute Gasteiger partial charge is 0.330 e. The minimum atomic E-state index is -0.457. The maximum Gasteiger partial charge on any atom is 0.330 e. The summed E-state index contributed by atoms with van der Waals surface area (Å²) in [5.74, 6) is -1.56. The van der Waals surface area contributed by atoms with Gasteiger partial charge in [0.15, 0.2) is 6.73 Å². The molecule has 2 atom stereocenters. The Hall–Kier alpha value is -2.44. The first kappa shape index (κ1) is 19.9. The van der Waals surface area contributed by atoms with Crippen LogP contribution in [0.4, 0.5) is 0 Å². The van der Waals surface area contributed by atoms with E-state index in [4.69, 9.17) is 9.47 Å². The highest BCUT2D eigenvalue weighted by molar-refractivity contribution is 6.19. The highest BCUT2D eigenvalue weighted by atomic mass is 16.5. The first-order valence-electron chi connectivity index (χ1n) is 10.4. The zero-order valence-corrected chi connectivity index (χ0v) is 16.9. The SMILES string of the molecule is CC1(C)C(C=CC(=O)OCC2CC2)C1C(=O)OCN1C(=O)C2=C(CCCC2)C1=O. The minimum absolute atomic E-state index is 0.139. The van der Waals surface area contributed by atoms with Gasteiger partial charge in [0.2, 0.25) is 0 Å². The normalized spacial score (nSPS) is 28.0. The molecule has 29 heavy (non-hydrogen) atoms. The van der Waals surface area contributed by atoms with Gasteiger partial charge in [-0.15, -0.1) is 0 Å². The molecule has 1 heterocycles. The van der Waals surface area contributed by atoms with Gasteiger partial charge in [0, 0.05) is 17.2 Å². The summed E-state index contributed by atoms with van der Waals surface area (Å²) in [6.45, 7) is 3.96. The average molecular weight is 401 g/mol. The molecule has 2 saturated carbocycles. The number of carbonyl (C=O) groups excluding carboxylic acids is 4. The predicted octanol–water partition coefficient (Wildman–Crippen LogP) is 2.51. The molecule has 0 radical (unpaired) electrons. The Morgan fingerprint density at radius 1 is 1.07 bits per heavy atom. The molecule has 0 aromatic heterocycles. The molecule has 7 nitrogen and oxygen atoms in total. The van der Waals surface area contributed by atoms with Gasteiger partial charge in [-0.2, -0.15) is 0 Å². The van der Waals surface area contributed by atoms with Gasteiger partial charge in [0.1, 0.15) is 0 Å². The van der Waals surface area contributed by atoms with E-state index in [9.17, 15) is 19.2 Å². The van der Waals surface area contributed by atoms with E-state index in [-0.39, 0.29) is 29.9 Å². The Morgan fingerprint density at radius 3 is 2.28 bits per heavy atom. The second-order valence-corrected chi connectivity index (χ2v) is 9.05. The number of ether oxygens (including phenoxy) is 2. The van der Waals surface area contributed by atoms with Crippen LogP contribution in [-0.2, 0) is 28.7 Å². The van der Waals surface area contributed by atoms with Crippen LogP contribution in [0.5, 0.6) is 0 Å². The van der Waals surface area contributed by atoms with Gasteiger partial charge in [-0.05, 0) is 55.8 Å². The fourth-order valence-electron chi connectivity index (χ4n) is 4.33. The van der Waals surface area contributed by atoms with Gasteiger partial charge in [-0.3, -0.25) is 14.4 Å². The van der Waals surface area contributed by atoms with Crippen LogP contribution in [0.3, 0.4) is 0 Å². The van der Waals surface area contributed by atoms with E-state index in [0.717, 1.165) is 30.6 Å². The molecule has 4 rings (SSSR count). The topological polar surface area (TPSA) is 90.0 Å². The summed E-state index contributed by atoms with van der Waals surface area (Å²) in [4.78, 5) is 50.2. The summed E-state index contributed by atoms with van der Waals surface area (Å²) in [6.07, 6.45) is 8.34. The second kappa shape index (κ2) is 7.43. The van der Waals surface area contributed by atoms with Crippen molar-refractivity contribution in [3.05, 3.63) is 23.3 Å². The second-order valence-electron chi connectivity index (χ2n) is 9.05. The van der Waals surface area contributed by atoms with Gasteiger partial charge < -0.3 is 9.47 Å². The number of allylic oxidation sites excluding steroid dienone is 1. The van der Waals surface area contributed by atoms with Crippen molar-refractivity contribution in [3.8, 4) is 0 Å². The molecule has 0 spiro atoms. The fourth-order valence-corrected chi connectivity index (χ4v) is 4.33. The summed E-state index contributed by atoms with van der Waals surface area (Å²) >= 11 is 0. The number of imide groups is 1. The third-order valence-electron chi connectivity index (χ3n) is 6.57. The third kappa shape index (κ3) is 3.87. The maximum absolute atomic E-state index is 12.5. The van der Waals surface area contributed by atoms with Crippen molar-refractivity contribution >= 4 is 23.8 Å². The van der Waals surface area contributed by atoms with E-state index < -0.39 is 17.9 Å². The monoisotopic (exact) mass is 401 g/mol. The Labute approximate surface area is 170 Å². The Balaban J connectivity index is 1.29. The molecule has 3 aliphatic carbocycles. The fraction of sp³-hybridized carbons (Fsp3) is 0.636. The van der Waals surface area contributed by atoms with Crippen LogP contribution in [0.1, 0.15) is 52.4 Å². The summed E-state index contributed by atoms with van der Waals surface area (Å²) < 4.78 is 10.5. The van der Waals surface area contributed by atoms with E-state index in [1.807, 2.05) is 13.8 Å². The van der Waals surface area contributed by atoms with Gasteiger partial charge >= 0.3 is 11.9 Å². The molecule has 2 unspecified atom stereocenters. The van der Waals surface area contributed by atoms with Crippen LogP contribution in [0.25, 0.3) is 0 Å². The Kier molecular flexibility index (Phi) is 5.09. The van der Waals surface area contributed by atoms with Crippen molar-refractivity contribution < 1.29 is 28.7 Å². The summed E-state index contributed by atoms with van der Waals surface area (Å²) in [5, 5.41) is 0. The highest BCUT2D eigenvalue weighted by Gasteiger charge is 2.61. The lowest BCUT2D eigenvalue weighted by atomic mass is 9.93. The molecule has 156 valence electrons. The Morgan fingerprint density at radius 2 is 1.69 bits per heavy atom. The molecule has 4 aliphatic rings. The molecule has 0 bridgehead atoms. The Bertz CT molecular complexity index is 791. The summed E-state index contributed by atoms with van der Waals surface area (Å²) in [6, 6.07) is 0. The van der Waals surface area contributed by atoms with Gasteiger partial charge in [-0.1, -0.05) is 19.9 Å². The van der Waals surface area contributed by atoms with Gasteiger partial charge in [0.25, 0.3) is 11.8 Å². The van der Waals surface area contributed by atoms with Crippen molar-refractivity contribution in [1.82, 2.24) is 4.90 Å². The molecule has 0 N–H and O–H groups in total. The van der Waals surface area contributed by atoms with Crippen LogP contribution < -0.4 is 0 Å². The number of hydrogen-bond donors (Lipinski definition) is 0. The van der Waals surface area contributed by atoms with Gasteiger partial charge in [-0.25, -0.2) is 9.69 Å². The van der Waals surface area contributed by atoms with Crippen molar-refractivity contribution in [1.29, 1.82) is 0 Å². The minimum Gasteiger partial charge on any atom is -0.462 e. The third-order valence-corrected chi connectivity index (χ3v) is 6.57. The molecule has 2 fully saturated rings. The van der Waals surface area contributed by atoms with Crippen LogP contribution in [0.15, 0.2) is 23.3 Å². The van der Waals surface area contributed by atoms with Crippen molar-refractivity contribution in [2.45, 2.75) is 52.4 Å². The van der Waals surface area contributed by atoms with Crippen LogP contribution >= 0.6 is 0 Å². The molecule has 2 amide bonds.